The van der Waals surface area contributed by atoms with Crippen LogP contribution in [-0.4, -0.2) is 15.0 Å². The van der Waals surface area contributed by atoms with Crippen molar-refractivity contribution in [3.8, 4) is 5.69 Å². The highest BCUT2D eigenvalue weighted by Gasteiger charge is 1.96. The van der Waals surface area contributed by atoms with Crippen molar-refractivity contribution in [2.24, 2.45) is 0 Å². The van der Waals surface area contributed by atoms with Gasteiger partial charge in [-0.2, -0.15) is 15.0 Å². The van der Waals surface area contributed by atoms with Crippen LogP contribution in [0.2, 0.25) is 0 Å². The number of benzene rings is 1. The van der Waals surface area contributed by atoms with Crippen LogP contribution < -0.4 is 0 Å². The summed E-state index contributed by atoms with van der Waals surface area (Å²) in [6, 6.07) is 8.56. The molecule has 0 unspecified atom stereocenters. The van der Waals surface area contributed by atoms with Crippen molar-refractivity contribution in [2.45, 2.75) is 0 Å². The average molecular weight is 223 g/mol. The maximum atomic E-state index is 3.99. The smallest absolute Gasteiger partial charge is 0.0874 e. The Labute approximate surface area is 78.2 Å². The molecular formula is C8H5BrN3. The summed E-state index contributed by atoms with van der Waals surface area (Å²) < 4.78 is 0.970. The van der Waals surface area contributed by atoms with Gasteiger partial charge in [-0.25, -0.2) is 0 Å². The molecule has 0 aliphatic rings. The highest BCUT2D eigenvalue weighted by Crippen LogP contribution is 2.12. The van der Waals surface area contributed by atoms with E-state index in [1.165, 1.54) is 0 Å². The zero-order chi connectivity index (χ0) is 8.39. The van der Waals surface area contributed by atoms with E-state index in [-0.39, 0.29) is 0 Å². The number of aromatic nitrogens is 3. The molecule has 0 aliphatic heterocycles. The molecule has 0 saturated heterocycles. The molecular weight excluding hydrogens is 218 g/mol. The van der Waals surface area contributed by atoms with Crippen LogP contribution in [0.1, 0.15) is 0 Å². The summed E-state index contributed by atoms with van der Waals surface area (Å²) >= 11 is 3.35. The van der Waals surface area contributed by atoms with E-state index in [9.17, 15) is 0 Å². The van der Waals surface area contributed by atoms with E-state index in [4.69, 9.17) is 0 Å². The summed E-state index contributed by atoms with van der Waals surface area (Å²) in [6.45, 7) is 0. The maximum Gasteiger partial charge on any atom is 0.0874 e. The van der Waals surface area contributed by atoms with Gasteiger partial charge in [-0.15, -0.1) is 0 Å². The van der Waals surface area contributed by atoms with Crippen LogP contribution in [0.5, 0.6) is 0 Å². The van der Waals surface area contributed by atoms with Gasteiger partial charge in [-0.3, -0.25) is 0 Å². The van der Waals surface area contributed by atoms with E-state index < -0.39 is 0 Å². The van der Waals surface area contributed by atoms with Crippen LogP contribution in [0.15, 0.2) is 35.1 Å². The van der Waals surface area contributed by atoms with E-state index >= 15 is 0 Å². The van der Waals surface area contributed by atoms with E-state index in [0.717, 1.165) is 10.2 Å². The van der Waals surface area contributed by atoms with Crippen LogP contribution in [0.25, 0.3) is 5.69 Å². The first-order valence-electron chi connectivity index (χ1n) is 3.39. The van der Waals surface area contributed by atoms with Crippen LogP contribution in [0.4, 0.5) is 0 Å². The van der Waals surface area contributed by atoms with Gasteiger partial charge < -0.3 is 0 Å². The third-order valence-corrected chi connectivity index (χ3v) is 1.85. The number of halogens is 1. The molecule has 1 heterocycles. The van der Waals surface area contributed by atoms with Crippen molar-refractivity contribution < 1.29 is 0 Å². The molecule has 12 heavy (non-hydrogen) atoms. The molecule has 59 valence electrons. The first-order chi connectivity index (χ1) is 5.86. The van der Waals surface area contributed by atoms with Gasteiger partial charge in [-0.1, -0.05) is 15.9 Å². The quantitative estimate of drug-likeness (QED) is 0.738. The Hall–Kier alpha value is -1.16. The lowest BCUT2D eigenvalue weighted by atomic mass is 10.3. The van der Waals surface area contributed by atoms with Gasteiger partial charge in [0.15, 0.2) is 0 Å². The summed E-state index contributed by atoms with van der Waals surface area (Å²) in [7, 11) is 0. The van der Waals surface area contributed by atoms with Crippen LogP contribution in [-0.2, 0) is 0 Å². The molecule has 0 spiro atoms. The summed E-state index contributed by atoms with van der Waals surface area (Å²) in [5.41, 5.74) is 0.898. The lowest BCUT2D eigenvalue weighted by Crippen LogP contribution is -1.97. The fourth-order valence-electron chi connectivity index (χ4n) is 0.896. The van der Waals surface area contributed by atoms with Crippen molar-refractivity contribution in [1.82, 2.24) is 15.0 Å². The number of nitrogens with zero attached hydrogens (tertiary/aromatic N) is 3. The fourth-order valence-corrected chi connectivity index (χ4v) is 1.26. The van der Waals surface area contributed by atoms with Crippen molar-refractivity contribution in [3.05, 3.63) is 41.1 Å². The van der Waals surface area contributed by atoms with Gasteiger partial charge in [0.25, 0.3) is 0 Å². The van der Waals surface area contributed by atoms with Crippen LogP contribution in [0, 0.1) is 6.07 Å². The number of hydrogen-bond acceptors (Lipinski definition) is 2. The lowest BCUT2D eigenvalue weighted by molar-refractivity contribution is 0.751. The van der Waals surface area contributed by atoms with Gasteiger partial charge in [0.2, 0.25) is 0 Å². The molecule has 0 bridgehead atoms. The Morgan fingerprint density at radius 2 is 2.00 bits per heavy atom. The Balaban J connectivity index is 2.48. The molecule has 2 aromatic rings. The molecule has 1 aromatic heterocycles. The van der Waals surface area contributed by atoms with Crippen molar-refractivity contribution >= 4 is 15.9 Å². The zero-order valence-corrected chi connectivity index (χ0v) is 7.69. The molecule has 0 amide bonds. The molecule has 0 atom stereocenters. The Bertz CT molecular complexity index is 370. The Morgan fingerprint density at radius 3 is 2.67 bits per heavy atom. The molecule has 0 fully saturated rings. The minimum atomic E-state index is 0.898. The van der Waals surface area contributed by atoms with Gasteiger partial charge in [0.05, 0.1) is 18.1 Å². The van der Waals surface area contributed by atoms with Gasteiger partial charge in [0, 0.05) is 4.47 Å². The van der Waals surface area contributed by atoms with Gasteiger partial charge in [0.1, 0.15) is 0 Å². The largest absolute Gasteiger partial charge is 0.157 e. The zero-order valence-electron chi connectivity index (χ0n) is 6.11. The van der Waals surface area contributed by atoms with Gasteiger partial charge >= 0.3 is 0 Å². The molecule has 4 heteroatoms. The summed E-state index contributed by atoms with van der Waals surface area (Å²) in [4.78, 5) is 1.54. The SMILES string of the molecule is Brc1c[c]cc(-n2nccn2)c1. The molecule has 0 N–H and O–H groups in total. The first-order valence-corrected chi connectivity index (χ1v) is 4.19. The third-order valence-electron chi connectivity index (χ3n) is 1.39. The van der Waals surface area contributed by atoms with Crippen LogP contribution in [0.3, 0.4) is 0 Å². The number of hydrogen-bond donors (Lipinski definition) is 0. The monoisotopic (exact) mass is 222 g/mol. The maximum absolute atomic E-state index is 3.99. The van der Waals surface area contributed by atoms with E-state index in [2.05, 4.69) is 32.2 Å². The highest BCUT2D eigenvalue weighted by atomic mass is 79.9. The predicted molar refractivity (Wildman–Crippen MR) is 47.9 cm³/mol. The molecule has 3 nitrogen and oxygen atoms in total. The standard InChI is InChI=1S/C8H5BrN3/c9-7-2-1-3-8(6-7)12-10-4-5-11-12/h2-6H. The normalized spacial score (nSPS) is 10.1. The Kier molecular flexibility index (Phi) is 1.91. The molecule has 1 aromatic carbocycles. The van der Waals surface area contributed by atoms with Crippen molar-refractivity contribution in [3.63, 3.8) is 0 Å². The second-order valence-corrected chi connectivity index (χ2v) is 3.14. The minimum absolute atomic E-state index is 0.898. The highest BCUT2D eigenvalue weighted by molar-refractivity contribution is 9.10. The van der Waals surface area contributed by atoms with E-state index in [1.807, 2.05) is 18.2 Å². The van der Waals surface area contributed by atoms with Crippen molar-refractivity contribution in [2.75, 3.05) is 0 Å². The fraction of sp³-hybridized carbons (Fsp3) is 0. The lowest BCUT2D eigenvalue weighted by Gasteiger charge is -1.97. The Morgan fingerprint density at radius 1 is 1.25 bits per heavy atom. The second-order valence-electron chi connectivity index (χ2n) is 2.23. The second kappa shape index (κ2) is 3.06. The minimum Gasteiger partial charge on any atom is -0.157 e. The average Bonchev–Trinajstić information content (AvgIpc) is 2.56. The predicted octanol–water partition coefficient (Wildman–Crippen LogP) is 1.83. The third kappa shape index (κ3) is 1.38. The van der Waals surface area contributed by atoms with E-state index in [0.29, 0.717) is 0 Å². The van der Waals surface area contributed by atoms with Crippen molar-refractivity contribution in [1.29, 1.82) is 0 Å². The summed E-state index contributed by atoms with van der Waals surface area (Å²) in [5.74, 6) is 0. The summed E-state index contributed by atoms with van der Waals surface area (Å²) in [5, 5.41) is 7.98. The van der Waals surface area contributed by atoms with Crippen LogP contribution >= 0.6 is 15.9 Å². The van der Waals surface area contributed by atoms with E-state index in [1.54, 1.807) is 17.2 Å². The topological polar surface area (TPSA) is 30.7 Å². The molecule has 2 rings (SSSR count). The molecule has 1 radical (unpaired) electrons. The number of rotatable bonds is 1. The summed E-state index contributed by atoms with van der Waals surface area (Å²) in [6.07, 6.45) is 3.28. The van der Waals surface area contributed by atoms with Gasteiger partial charge in [-0.05, 0) is 24.3 Å². The first kappa shape index (κ1) is 7.49. The molecule has 0 aliphatic carbocycles. The molecule has 0 saturated carbocycles.